The van der Waals surface area contributed by atoms with Gasteiger partial charge in [-0.05, 0) is 18.2 Å². The van der Waals surface area contributed by atoms with Crippen LogP contribution in [-0.2, 0) is 11.3 Å². The molecule has 0 saturated carbocycles. The number of nitrogens with zero attached hydrogens (tertiary/aromatic N) is 1. The highest BCUT2D eigenvalue weighted by molar-refractivity contribution is 5.90. The van der Waals surface area contributed by atoms with Crippen molar-refractivity contribution < 1.29 is 23.4 Å². The lowest BCUT2D eigenvalue weighted by atomic mass is 10.2. The SMILES string of the molecule is COC(=O)c1ccoc1COc1ccc(C#N)cc1OC. The lowest BCUT2D eigenvalue weighted by Gasteiger charge is -2.10. The molecule has 0 aliphatic rings. The lowest BCUT2D eigenvalue weighted by Crippen LogP contribution is -2.05. The van der Waals surface area contributed by atoms with Crippen LogP contribution in [0.2, 0.25) is 0 Å². The van der Waals surface area contributed by atoms with E-state index in [1.807, 2.05) is 6.07 Å². The maximum absolute atomic E-state index is 11.5. The van der Waals surface area contributed by atoms with Crippen molar-refractivity contribution >= 4 is 5.97 Å². The van der Waals surface area contributed by atoms with Crippen LogP contribution in [0.3, 0.4) is 0 Å². The number of carbonyl (C=O) groups excluding carboxylic acids is 1. The third-order valence-corrected chi connectivity index (χ3v) is 2.80. The lowest BCUT2D eigenvalue weighted by molar-refractivity contribution is 0.0595. The van der Waals surface area contributed by atoms with Gasteiger partial charge in [0.05, 0.1) is 32.1 Å². The second-order valence-corrected chi connectivity index (χ2v) is 4.02. The number of ether oxygens (including phenoxy) is 3. The van der Waals surface area contributed by atoms with Crippen molar-refractivity contribution in [3.63, 3.8) is 0 Å². The Kier molecular flexibility index (Phi) is 4.46. The molecule has 0 aliphatic heterocycles. The van der Waals surface area contributed by atoms with Crippen LogP contribution in [0.15, 0.2) is 34.9 Å². The zero-order chi connectivity index (χ0) is 15.2. The molecule has 1 aromatic heterocycles. The summed E-state index contributed by atoms with van der Waals surface area (Å²) in [6.07, 6.45) is 1.39. The Balaban J connectivity index is 2.16. The fourth-order valence-electron chi connectivity index (χ4n) is 1.74. The minimum atomic E-state index is -0.492. The van der Waals surface area contributed by atoms with Crippen LogP contribution in [-0.4, -0.2) is 20.2 Å². The second-order valence-electron chi connectivity index (χ2n) is 4.02. The number of hydrogen-bond donors (Lipinski definition) is 0. The van der Waals surface area contributed by atoms with Gasteiger partial charge in [-0.1, -0.05) is 0 Å². The van der Waals surface area contributed by atoms with Gasteiger partial charge in [0, 0.05) is 6.07 Å². The van der Waals surface area contributed by atoms with Crippen LogP contribution < -0.4 is 9.47 Å². The van der Waals surface area contributed by atoms with Gasteiger partial charge in [0.25, 0.3) is 0 Å². The van der Waals surface area contributed by atoms with Crippen molar-refractivity contribution in [2.75, 3.05) is 14.2 Å². The van der Waals surface area contributed by atoms with Crippen molar-refractivity contribution in [2.45, 2.75) is 6.61 Å². The summed E-state index contributed by atoms with van der Waals surface area (Å²) in [5.74, 6) is 0.742. The Labute approximate surface area is 121 Å². The standard InChI is InChI=1S/C15H13NO5/c1-18-13-7-10(8-16)3-4-12(13)21-9-14-11(5-6-20-14)15(17)19-2/h3-7H,9H2,1-2H3. The molecular formula is C15H13NO5. The molecule has 0 fully saturated rings. The number of methoxy groups -OCH3 is 2. The van der Waals surface area contributed by atoms with Gasteiger partial charge in [-0.3, -0.25) is 0 Å². The van der Waals surface area contributed by atoms with E-state index < -0.39 is 5.97 Å². The summed E-state index contributed by atoms with van der Waals surface area (Å²) in [5.41, 5.74) is 0.776. The normalized spacial score (nSPS) is 9.76. The van der Waals surface area contributed by atoms with Crippen molar-refractivity contribution in [1.82, 2.24) is 0 Å². The first-order valence-electron chi connectivity index (χ1n) is 6.05. The van der Waals surface area contributed by atoms with Gasteiger partial charge in [0.2, 0.25) is 0 Å². The molecule has 21 heavy (non-hydrogen) atoms. The van der Waals surface area contributed by atoms with Gasteiger partial charge < -0.3 is 18.6 Å². The zero-order valence-corrected chi connectivity index (χ0v) is 11.6. The first-order chi connectivity index (χ1) is 10.2. The predicted molar refractivity (Wildman–Crippen MR) is 72.1 cm³/mol. The minimum Gasteiger partial charge on any atom is -0.493 e. The Morgan fingerprint density at radius 2 is 2.10 bits per heavy atom. The largest absolute Gasteiger partial charge is 0.493 e. The number of esters is 1. The Morgan fingerprint density at radius 3 is 2.76 bits per heavy atom. The van der Waals surface area contributed by atoms with Gasteiger partial charge in [-0.25, -0.2) is 4.79 Å². The molecule has 0 N–H and O–H groups in total. The van der Waals surface area contributed by atoms with Crippen LogP contribution in [0.4, 0.5) is 0 Å². The van der Waals surface area contributed by atoms with Crippen LogP contribution >= 0.6 is 0 Å². The van der Waals surface area contributed by atoms with Gasteiger partial charge in [0.15, 0.2) is 17.3 Å². The maximum atomic E-state index is 11.5. The summed E-state index contributed by atoms with van der Waals surface area (Å²) >= 11 is 0. The van der Waals surface area contributed by atoms with E-state index in [0.717, 1.165) is 0 Å². The average Bonchev–Trinajstić information content (AvgIpc) is 3.00. The summed E-state index contributed by atoms with van der Waals surface area (Å²) in [6.45, 7) is 0.0414. The Morgan fingerprint density at radius 1 is 1.29 bits per heavy atom. The first kappa shape index (κ1) is 14.5. The minimum absolute atomic E-state index is 0.0414. The van der Waals surface area contributed by atoms with Crippen molar-refractivity contribution in [1.29, 1.82) is 5.26 Å². The summed E-state index contributed by atoms with van der Waals surface area (Å²) in [6, 6.07) is 8.33. The molecule has 6 nitrogen and oxygen atoms in total. The molecule has 0 bridgehead atoms. The molecule has 0 spiro atoms. The third-order valence-electron chi connectivity index (χ3n) is 2.80. The summed E-state index contributed by atoms with van der Waals surface area (Å²) in [7, 11) is 2.78. The second kappa shape index (κ2) is 6.48. The highest BCUT2D eigenvalue weighted by Gasteiger charge is 2.16. The average molecular weight is 287 g/mol. The van der Waals surface area contributed by atoms with Crippen LogP contribution in [0.1, 0.15) is 21.7 Å². The van der Waals surface area contributed by atoms with Gasteiger partial charge in [0.1, 0.15) is 12.2 Å². The fraction of sp³-hybridized carbons (Fsp3) is 0.200. The van der Waals surface area contributed by atoms with Crippen molar-refractivity contribution in [3.05, 3.63) is 47.4 Å². The Hall–Kier alpha value is -2.94. The van der Waals surface area contributed by atoms with Crippen LogP contribution in [0, 0.1) is 11.3 Å². The van der Waals surface area contributed by atoms with Crippen molar-refractivity contribution in [3.8, 4) is 17.6 Å². The molecule has 0 radical (unpaired) electrons. The molecule has 2 aromatic rings. The molecule has 1 heterocycles. The van der Waals surface area contributed by atoms with Crippen LogP contribution in [0.5, 0.6) is 11.5 Å². The number of hydrogen-bond acceptors (Lipinski definition) is 6. The van der Waals surface area contributed by atoms with E-state index in [-0.39, 0.29) is 6.61 Å². The molecule has 108 valence electrons. The molecular weight excluding hydrogens is 274 g/mol. The van der Waals surface area contributed by atoms with E-state index in [1.165, 1.54) is 26.5 Å². The fourth-order valence-corrected chi connectivity index (χ4v) is 1.74. The maximum Gasteiger partial charge on any atom is 0.341 e. The smallest absolute Gasteiger partial charge is 0.341 e. The number of nitriles is 1. The molecule has 0 saturated heterocycles. The topological polar surface area (TPSA) is 81.7 Å². The molecule has 0 amide bonds. The molecule has 2 rings (SSSR count). The van der Waals surface area contributed by atoms with Gasteiger partial charge in [-0.2, -0.15) is 5.26 Å². The van der Waals surface area contributed by atoms with E-state index in [4.69, 9.17) is 19.2 Å². The number of rotatable bonds is 5. The van der Waals surface area contributed by atoms with E-state index in [9.17, 15) is 4.79 Å². The van der Waals surface area contributed by atoms with E-state index in [0.29, 0.717) is 28.4 Å². The highest BCUT2D eigenvalue weighted by Crippen LogP contribution is 2.29. The monoisotopic (exact) mass is 287 g/mol. The van der Waals surface area contributed by atoms with E-state index in [2.05, 4.69) is 4.74 Å². The number of furan rings is 1. The van der Waals surface area contributed by atoms with Crippen molar-refractivity contribution in [2.24, 2.45) is 0 Å². The third kappa shape index (κ3) is 3.15. The number of benzene rings is 1. The number of carbonyl (C=O) groups is 1. The molecule has 0 aliphatic carbocycles. The quantitative estimate of drug-likeness (QED) is 0.786. The summed E-state index contributed by atoms with van der Waals surface area (Å²) in [4.78, 5) is 11.5. The highest BCUT2D eigenvalue weighted by atomic mass is 16.5. The molecule has 1 aromatic carbocycles. The van der Waals surface area contributed by atoms with E-state index >= 15 is 0 Å². The predicted octanol–water partition coefficient (Wildman–Crippen LogP) is 2.53. The van der Waals surface area contributed by atoms with Crippen LogP contribution in [0.25, 0.3) is 0 Å². The molecule has 6 heteroatoms. The molecule has 0 atom stereocenters. The first-order valence-corrected chi connectivity index (χ1v) is 6.05. The zero-order valence-electron chi connectivity index (χ0n) is 11.6. The summed E-state index contributed by atoms with van der Waals surface area (Å²) in [5, 5.41) is 8.84. The van der Waals surface area contributed by atoms with E-state index in [1.54, 1.807) is 18.2 Å². The summed E-state index contributed by atoms with van der Waals surface area (Å²) < 4.78 is 20.6. The van der Waals surface area contributed by atoms with Gasteiger partial charge >= 0.3 is 5.97 Å². The molecule has 0 unspecified atom stereocenters. The van der Waals surface area contributed by atoms with Gasteiger partial charge in [-0.15, -0.1) is 0 Å². The Bertz CT molecular complexity index is 684.